The highest BCUT2D eigenvalue weighted by molar-refractivity contribution is 5.80. The molecule has 1 saturated heterocycles. The van der Waals surface area contributed by atoms with Crippen LogP contribution >= 0.6 is 0 Å². The molecule has 1 N–H and O–H groups in total. The smallest absolute Gasteiger partial charge is 0.325 e. The number of hydrogen-bond acceptors (Lipinski definition) is 4. The molecule has 0 spiro atoms. The molecular formula is C16H32N2O2. The summed E-state index contributed by atoms with van der Waals surface area (Å²) in [6.07, 6.45) is 4.46. The molecule has 0 aliphatic carbocycles. The van der Waals surface area contributed by atoms with Gasteiger partial charge in [-0.05, 0) is 72.0 Å². The van der Waals surface area contributed by atoms with Gasteiger partial charge >= 0.3 is 5.97 Å². The molecule has 1 rings (SSSR count). The van der Waals surface area contributed by atoms with E-state index in [1.165, 1.54) is 33.0 Å². The SMILES string of the molecule is COC(=O)C(C)(CCCN1CCC(C)CC1)NC(C)C. The number of carbonyl (C=O) groups excluding carboxylic acids is 1. The van der Waals surface area contributed by atoms with Crippen LogP contribution in [-0.2, 0) is 9.53 Å². The van der Waals surface area contributed by atoms with Gasteiger partial charge in [0, 0.05) is 6.04 Å². The highest BCUT2D eigenvalue weighted by Gasteiger charge is 2.34. The van der Waals surface area contributed by atoms with Gasteiger partial charge in [0.2, 0.25) is 0 Å². The van der Waals surface area contributed by atoms with E-state index in [4.69, 9.17) is 4.74 Å². The Morgan fingerprint density at radius 1 is 1.40 bits per heavy atom. The fourth-order valence-corrected chi connectivity index (χ4v) is 3.04. The lowest BCUT2D eigenvalue weighted by atomic mass is 9.94. The summed E-state index contributed by atoms with van der Waals surface area (Å²) in [5.41, 5.74) is -0.563. The Hall–Kier alpha value is -0.610. The normalized spacial score (nSPS) is 20.9. The van der Waals surface area contributed by atoms with Gasteiger partial charge in [-0.1, -0.05) is 6.92 Å². The zero-order valence-electron chi connectivity index (χ0n) is 13.9. The molecule has 4 heteroatoms. The quantitative estimate of drug-likeness (QED) is 0.729. The van der Waals surface area contributed by atoms with Crippen LogP contribution in [0.25, 0.3) is 0 Å². The monoisotopic (exact) mass is 284 g/mol. The van der Waals surface area contributed by atoms with E-state index in [-0.39, 0.29) is 12.0 Å². The van der Waals surface area contributed by atoms with Crippen LogP contribution in [0, 0.1) is 5.92 Å². The van der Waals surface area contributed by atoms with Gasteiger partial charge in [0.05, 0.1) is 7.11 Å². The Labute approximate surface area is 124 Å². The van der Waals surface area contributed by atoms with Crippen molar-refractivity contribution in [3.63, 3.8) is 0 Å². The minimum atomic E-state index is -0.563. The molecule has 0 bridgehead atoms. The fourth-order valence-electron chi connectivity index (χ4n) is 3.04. The lowest BCUT2D eigenvalue weighted by molar-refractivity contribution is -0.148. The number of rotatable bonds is 7. The Morgan fingerprint density at radius 2 is 2.00 bits per heavy atom. The number of carbonyl (C=O) groups is 1. The highest BCUT2D eigenvalue weighted by Crippen LogP contribution is 2.19. The van der Waals surface area contributed by atoms with Crippen molar-refractivity contribution in [1.29, 1.82) is 0 Å². The summed E-state index contributed by atoms with van der Waals surface area (Å²) in [6.45, 7) is 11.9. The molecule has 0 amide bonds. The number of piperidine rings is 1. The van der Waals surface area contributed by atoms with Crippen LogP contribution in [0.1, 0.15) is 53.4 Å². The van der Waals surface area contributed by atoms with E-state index >= 15 is 0 Å². The lowest BCUT2D eigenvalue weighted by Crippen LogP contribution is -2.53. The molecule has 4 nitrogen and oxygen atoms in total. The average Bonchev–Trinajstić information content (AvgIpc) is 2.39. The van der Waals surface area contributed by atoms with E-state index in [1.54, 1.807) is 0 Å². The molecule has 1 unspecified atom stereocenters. The van der Waals surface area contributed by atoms with Crippen molar-refractivity contribution in [1.82, 2.24) is 10.2 Å². The van der Waals surface area contributed by atoms with Crippen LogP contribution < -0.4 is 5.32 Å². The molecule has 0 aromatic rings. The Morgan fingerprint density at radius 3 is 2.50 bits per heavy atom. The van der Waals surface area contributed by atoms with Crippen LogP contribution in [-0.4, -0.2) is 49.2 Å². The Kier molecular flexibility index (Phi) is 6.96. The molecular weight excluding hydrogens is 252 g/mol. The van der Waals surface area contributed by atoms with Crippen molar-refractivity contribution in [3.8, 4) is 0 Å². The number of ether oxygens (including phenoxy) is 1. The van der Waals surface area contributed by atoms with Gasteiger partial charge in [-0.3, -0.25) is 10.1 Å². The summed E-state index contributed by atoms with van der Waals surface area (Å²) in [7, 11) is 1.47. The van der Waals surface area contributed by atoms with E-state index in [2.05, 4.69) is 31.0 Å². The third kappa shape index (κ3) is 5.41. The summed E-state index contributed by atoms with van der Waals surface area (Å²) in [5.74, 6) is 0.715. The fraction of sp³-hybridized carbons (Fsp3) is 0.938. The lowest BCUT2D eigenvalue weighted by Gasteiger charge is -2.33. The van der Waals surface area contributed by atoms with Gasteiger partial charge < -0.3 is 9.64 Å². The van der Waals surface area contributed by atoms with Crippen LogP contribution in [0.4, 0.5) is 0 Å². The number of esters is 1. The van der Waals surface area contributed by atoms with Gasteiger partial charge in [0.1, 0.15) is 5.54 Å². The maximum Gasteiger partial charge on any atom is 0.325 e. The van der Waals surface area contributed by atoms with Gasteiger partial charge in [0.15, 0.2) is 0 Å². The van der Waals surface area contributed by atoms with Crippen molar-refractivity contribution in [2.45, 2.75) is 65.0 Å². The maximum absolute atomic E-state index is 12.0. The molecule has 0 aromatic carbocycles. The summed E-state index contributed by atoms with van der Waals surface area (Å²) in [6, 6.07) is 0.273. The van der Waals surface area contributed by atoms with Crippen molar-refractivity contribution >= 4 is 5.97 Å². The zero-order chi connectivity index (χ0) is 15.2. The summed E-state index contributed by atoms with van der Waals surface area (Å²) >= 11 is 0. The second kappa shape index (κ2) is 7.99. The van der Waals surface area contributed by atoms with E-state index in [0.717, 1.165) is 25.3 Å². The topological polar surface area (TPSA) is 41.6 Å². The van der Waals surface area contributed by atoms with E-state index in [0.29, 0.717) is 0 Å². The first-order valence-corrected chi connectivity index (χ1v) is 7.96. The van der Waals surface area contributed by atoms with Gasteiger partial charge in [-0.15, -0.1) is 0 Å². The zero-order valence-corrected chi connectivity index (χ0v) is 13.9. The molecule has 1 aliphatic heterocycles. The third-order valence-electron chi connectivity index (χ3n) is 4.27. The summed E-state index contributed by atoms with van der Waals surface area (Å²) in [4.78, 5) is 14.5. The first-order valence-electron chi connectivity index (χ1n) is 7.96. The van der Waals surface area contributed by atoms with E-state index in [9.17, 15) is 4.79 Å². The molecule has 1 fully saturated rings. The second-order valence-electron chi connectivity index (χ2n) is 6.75. The minimum Gasteiger partial charge on any atom is -0.468 e. The predicted molar refractivity (Wildman–Crippen MR) is 82.8 cm³/mol. The molecule has 1 aliphatic rings. The van der Waals surface area contributed by atoms with Crippen molar-refractivity contribution in [3.05, 3.63) is 0 Å². The average molecular weight is 284 g/mol. The summed E-state index contributed by atoms with van der Waals surface area (Å²) < 4.78 is 4.96. The van der Waals surface area contributed by atoms with Gasteiger partial charge in [-0.25, -0.2) is 0 Å². The summed E-state index contributed by atoms with van der Waals surface area (Å²) in [5, 5.41) is 3.36. The molecule has 0 saturated carbocycles. The number of methoxy groups -OCH3 is 1. The van der Waals surface area contributed by atoms with Gasteiger partial charge in [0.25, 0.3) is 0 Å². The number of nitrogens with zero attached hydrogens (tertiary/aromatic N) is 1. The number of hydrogen-bond donors (Lipinski definition) is 1. The first kappa shape index (κ1) is 17.4. The van der Waals surface area contributed by atoms with Crippen LogP contribution in [0.2, 0.25) is 0 Å². The Balaban J connectivity index is 2.40. The number of nitrogens with one attached hydrogen (secondary N) is 1. The molecule has 20 heavy (non-hydrogen) atoms. The van der Waals surface area contributed by atoms with Crippen molar-refractivity contribution < 1.29 is 9.53 Å². The predicted octanol–water partition coefficient (Wildman–Crippen LogP) is 2.43. The van der Waals surface area contributed by atoms with Crippen LogP contribution in [0.5, 0.6) is 0 Å². The number of likely N-dealkylation sites (tertiary alicyclic amines) is 1. The molecule has 0 radical (unpaired) electrons. The standard InChI is InChI=1S/C16H32N2O2/c1-13(2)17-16(4,15(19)20-5)9-6-10-18-11-7-14(3)8-12-18/h13-14,17H,6-12H2,1-5H3. The Bertz CT molecular complexity index is 299. The molecule has 1 atom stereocenters. The second-order valence-corrected chi connectivity index (χ2v) is 6.75. The maximum atomic E-state index is 12.0. The van der Waals surface area contributed by atoms with E-state index < -0.39 is 5.54 Å². The first-order chi connectivity index (χ1) is 9.37. The minimum absolute atomic E-state index is 0.154. The van der Waals surface area contributed by atoms with Crippen molar-refractivity contribution in [2.24, 2.45) is 5.92 Å². The largest absolute Gasteiger partial charge is 0.468 e. The van der Waals surface area contributed by atoms with Crippen molar-refractivity contribution in [2.75, 3.05) is 26.7 Å². The van der Waals surface area contributed by atoms with Gasteiger partial charge in [-0.2, -0.15) is 0 Å². The molecule has 0 aromatic heterocycles. The highest BCUT2D eigenvalue weighted by atomic mass is 16.5. The third-order valence-corrected chi connectivity index (χ3v) is 4.27. The van der Waals surface area contributed by atoms with Crippen LogP contribution in [0.15, 0.2) is 0 Å². The molecule has 118 valence electrons. The molecule has 1 heterocycles. The van der Waals surface area contributed by atoms with Crippen LogP contribution in [0.3, 0.4) is 0 Å². The van der Waals surface area contributed by atoms with E-state index in [1.807, 2.05) is 6.92 Å².